The predicted molar refractivity (Wildman–Crippen MR) is 128 cm³/mol. The molecule has 0 radical (unpaired) electrons. The summed E-state index contributed by atoms with van der Waals surface area (Å²) in [5, 5.41) is 0. The summed E-state index contributed by atoms with van der Waals surface area (Å²) in [6.07, 6.45) is 1.05. The lowest BCUT2D eigenvalue weighted by molar-refractivity contribution is 0.259. The number of benzene rings is 4. The second-order valence-electron chi connectivity index (χ2n) is 7.85. The summed E-state index contributed by atoms with van der Waals surface area (Å²) in [7, 11) is 0. The summed E-state index contributed by atoms with van der Waals surface area (Å²) >= 11 is 0. The van der Waals surface area contributed by atoms with Gasteiger partial charge in [0.1, 0.15) is 12.4 Å². The maximum atomic E-state index is 5.94. The first kappa shape index (κ1) is 20.9. The van der Waals surface area contributed by atoms with Crippen LogP contribution in [-0.2, 0) is 26.1 Å². The van der Waals surface area contributed by atoms with Gasteiger partial charge in [0.25, 0.3) is 0 Å². The molecule has 156 valence electrons. The van der Waals surface area contributed by atoms with Crippen molar-refractivity contribution in [3.8, 4) is 5.75 Å². The molecule has 0 saturated carbocycles. The van der Waals surface area contributed by atoms with Crippen molar-refractivity contribution in [1.82, 2.24) is 4.90 Å². The van der Waals surface area contributed by atoms with E-state index >= 15 is 0 Å². The Morgan fingerprint density at radius 1 is 0.484 bits per heavy atom. The van der Waals surface area contributed by atoms with Gasteiger partial charge in [-0.05, 0) is 40.8 Å². The van der Waals surface area contributed by atoms with Crippen LogP contribution in [0.15, 0.2) is 115 Å². The van der Waals surface area contributed by atoms with Crippen LogP contribution in [0.3, 0.4) is 0 Å². The van der Waals surface area contributed by atoms with E-state index in [0.717, 1.165) is 31.8 Å². The molecule has 4 rings (SSSR count). The number of hydrogen-bond donors (Lipinski definition) is 0. The zero-order valence-electron chi connectivity index (χ0n) is 17.9. The van der Waals surface area contributed by atoms with Crippen LogP contribution >= 0.6 is 0 Å². The highest BCUT2D eigenvalue weighted by Crippen LogP contribution is 2.17. The molecule has 0 aliphatic carbocycles. The zero-order chi connectivity index (χ0) is 21.1. The largest absolute Gasteiger partial charge is 0.489 e. The molecule has 2 heteroatoms. The fourth-order valence-corrected chi connectivity index (χ4v) is 3.68. The molecule has 2 nitrogen and oxygen atoms in total. The average Bonchev–Trinajstić information content (AvgIpc) is 2.84. The van der Waals surface area contributed by atoms with Gasteiger partial charge < -0.3 is 4.74 Å². The van der Waals surface area contributed by atoms with Crippen molar-refractivity contribution in [3.05, 3.63) is 138 Å². The van der Waals surface area contributed by atoms with Gasteiger partial charge in [-0.15, -0.1) is 0 Å². The monoisotopic (exact) mass is 407 g/mol. The third-order valence-electron chi connectivity index (χ3n) is 5.39. The van der Waals surface area contributed by atoms with Gasteiger partial charge in [0.2, 0.25) is 0 Å². The van der Waals surface area contributed by atoms with Crippen molar-refractivity contribution in [2.75, 3.05) is 6.54 Å². The minimum absolute atomic E-state index is 0.595. The third kappa shape index (κ3) is 6.84. The average molecular weight is 408 g/mol. The van der Waals surface area contributed by atoms with Crippen LogP contribution < -0.4 is 4.74 Å². The molecule has 4 aromatic rings. The van der Waals surface area contributed by atoms with Gasteiger partial charge >= 0.3 is 0 Å². The quantitative estimate of drug-likeness (QED) is 0.297. The molecule has 31 heavy (non-hydrogen) atoms. The molecule has 0 aromatic heterocycles. The van der Waals surface area contributed by atoms with Gasteiger partial charge in [-0.3, -0.25) is 4.90 Å². The van der Waals surface area contributed by atoms with Crippen LogP contribution in [0.5, 0.6) is 5.75 Å². The number of rotatable bonds is 10. The lowest BCUT2D eigenvalue weighted by atomic mass is 10.1. The van der Waals surface area contributed by atoms with Crippen LogP contribution in [0.25, 0.3) is 0 Å². The summed E-state index contributed by atoms with van der Waals surface area (Å²) in [6, 6.07) is 40.2. The minimum Gasteiger partial charge on any atom is -0.489 e. The fraction of sp³-hybridized carbons (Fsp3) is 0.172. The maximum absolute atomic E-state index is 5.94. The van der Waals surface area contributed by atoms with E-state index in [0.29, 0.717) is 6.61 Å². The van der Waals surface area contributed by atoms with Gasteiger partial charge in [-0.25, -0.2) is 0 Å². The van der Waals surface area contributed by atoms with Gasteiger partial charge in [0.05, 0.1) is 0 Å². The molecule has 4 aromatic carbocycles. The summed E-state index contributed by atoms with van der Waals surface area (Å²) in [4.78, 5) is 2.52. The molecule has 0 unspecified atom stereocenters. The van der Waals surface area contributed by atoms with Crippen molar-refractivity contribution in [3.63, 3.8) is 0 Å². The van der Waals surface area contributed by atoms with Crippen molar-refractivity contribution in [2.45, 2.75) is 26.1 Å². The lowest BCUT2D eigenvalue weighted by Gasteiger charge is -2.23. The van der Waals surface area contributed by atoms with Gasteiger partial charge in [-0.2, -0.15) is 0 Å². The molecule has 0 aliphatic rings. The van der Waals surface area contributed by atoms with Gasteiger partial charge in [0, 0.05) is 19.6 Å². The Bertz CT molecular complexity index is 1010. The van der Waals surface area contributed by atoms with Gasteiger partial charge in [0.15, 0.2) is 0 Å². The van der Waals surface area contributed by atoms with E-state index in [1.807, 2.05) is 18.2 Å². The summed E-state index contributed by atoms with van der Waals surface area (Å²) in [5.74, 6) is 0.909. The van der Waals surface area contributed by atoms with Gasteiger partial charge in [-0.1, -0.05) is 103 Å². The smallest absolute Gasteiger partial charge is 0.119 e. The molecule has 0 heterocycles. The molecular formula is C29H29NO. The lowest BCUT2D eigenvalue weighted by Crippen LogP contribution is -2.25. The predicted octanol–water partition coefficient (Wildman–Crippen LogP) is 6.51. The van der Waals surface area contributed by atoms with E-state index < -0.39 is 0 Å². The Kier molecular flexibility index (Phi) is 7.51. The standard InChI is InChI=1S/C29H29NO/c1-4-10-25(11-5-1)20-21-30(22-26-12-6-2-7-13-26)23-27-16-18-29(19-17-27)31-24-28-14-8-3-9-15-28/h1-19H,20-24H2. The van der Waals surface area contributed by atoms with Crippen molar-refractivity contribution in [2.24, 2.45) is 0 Å². The Morgan fingerprint density at radius 2 is 0.968 bits per heavy atom. The normalized spacial score (nSPS) is 10.9. The topological polar surface area (TPSA) is 12.5 Å². The Morgan fingerprint density at radius 3 is 1.55 bits per heavy atom. The van der Waals surface area contributed by atoms with Crippen LogP contribution in [0.2, 0.25) is 0 Å². The Labute approximate surface area is 185 Å². The molecule has 0 saturated heterocycles. The maximum Gasteiger partial charge on any atom is 0.119 e. The first-order valence-electron chi connectivity index (χ1n) is 10.9. The molecule has 0 N–H and O–H groups in total. The first-order chi connectivity index (χ1) is 15.3. The number of nitrogens with zero attached hydrogens (tertiary/aromatic N) is 1. The third-order valence-corrected chi connectivity index (χ3v) is 5.39. The Balaban J connectivity index is 1.38. The van der Waals surface area contributed by atoms with Crippen LogP contribution in [0.4, 0.5) is 0 Å². The highest BCUT2D eigenvalue weighted by Gasteiger charge is 2.08. The fourth-order valence-electron chi connectivity index (χ4n) is 3.68. The number of ether oxygens (including phenoxy) is 1. The number of hydrogen-bond acceptors (Lipinski definition) is 2. The van der Waals surface area contributed by atoms with Crippen LogP contribution in [0, 0.1) is 0 Å². The van der Waals surface area contributed by atoms with E-state index in [4.69, 9.17) is 4.74 Å². The highest BCUT2D eigenvalue weighted by atomic mass is 16.5. The molecule has 0 atom stereocenters. The van der Waals surface area contributed by atoms with Crippen molar-refractivity contribution in [1.29, 1.82) is 0 Å². The van der Waals surface area contributed by atoms with E-state index in [2.05, 4.69) is 102 Å². The summed E-state index contributed by atoms with van der Waals surface area (Å²) in [5.41, 5.74) is 5.21. The Hall–Kier alpha value is -3.36. The van der Waals surface area contributed by atoms with Crippen LogP contribution in [0.1, 0.15) is 22.3 Å². The molecule has 0 aliphatic heterocycles. The van der Waals surface area contributed by atoms with E-state index in [9.17, 15) is 0 Å². The highest BCUT2D eigenvalue weighted by molar-refractivity contribution is 5.28. The molecule has 0 fully saturated rings. The van der Waals surface area contributed by atoms with E-state index in [1.54, 1.807) is 0 Å². The molecule has 0 bridgehead atoms. The molecule has 0 amide bonds. The zero-order valence-corrected chi connectivity index (χ0v) is 17.9. The van der Waals surface area contributed by atoms with Crippen molar-refractivity contribution < 1.29 is 4.74 Å². The van der Waals surface area contributed by atoms with Crippen molar-refractivity contribution >= 4 is 0 Å². The van der Waals surface area contributed by atoms with Crippen LogP contribution in [-0.4, -0.2) is 11.4 Å². The summed E-state index contributed by atoms with van der Waals surface area (Å²) < 4.78 is 5.94. The van der Waals surface area contributed by atoms with E-state index in [-0.39, 0.29) is 0 Å². The molecule has 0 spiro atoms. The second-order valence-corrected chi connectivity index (χ2v) is 7.85. The first-order valence-corrected chi connectivity index (χ1v) is 10.9. The SMILES string of the molecule is c1ccc(CCN(Cc2ccccc2)Cc2ccc(OCc3ccccc3)cc2)cc1. The minimum atomic E-state index is 0.595. The molecular weight excluding hydrogens is 378 g/mol. The summed E-state index contributed by atoms with van der Waals surface area (Å²) in [6.45, 7) is 3.48. The van der Waals surface area contributed by atoms with E-state index in [1.165, 1.54) is 22.3 Å². The second kappa shape index (κ2) is 11.1.